The molecule has 0 N–H and O–H groups in total. The van der Waals surface area contributed by atoms with Crippen LogP contribution in [0.3, 0.4) is 0 Å². The molecule has 0 aliphatic carbocycles. The summed E-state index contributed by atoms with van der Waals surface area (Å²) in [5.41, 5.74) is 1.22. The zero-order chi connectivity index (χ0) is 20.1. The van der Waals surface area contributed by atoms with Crippen molar-refractivity contribution in [3.8, 4) is 5.88 Å². The Balaban J connectivity index is 1.43. The predicted molar refractivity (Wildman–Crippen MR) is 105 cm³/mol. The van der Waals surface area contributed by atoms with E-state index in [1.165, 1.54) is 0 Å². The Bertz CT molecular complexity index is 1260. The smallest absolute Gasteiger partial charge is 0.265 e. The van der Waals surface area contributed by atoms with Crippen LogP contribution in [0.25, 0.3) is 16.7 Å². The first-order valence-corrected chi connectivity index (χ1v) is 9.47. The number of anilines is 1. The van der Waals surface area contributed by atoms with Gasteiger partial charge in [-0.3, -0.25) is 14.0 Å². The van der Waals surface area contributed by atoms with E-state index < -0.39 is 0 Å². The minimum Gasteiger partial charge on any atom is -0.480 e. The highest BCUT2D eigenvalue weighted by molar-refractivity contribution is 5.74. The van der Waals surface area contributed by atoms with Gasteiger partial charge in [0, 0.05) is 39.2 Å². The van der Waals surface area contributed by atoms with E-state index in [9.17, 15) is 4.79 Å². The van der Waals surface area contributed by atoms with Gasteiger partial charge >= 0.3 is 0 Å². The van der Waals surface area contributed by atoms with E-state index in [4.69, 9.17) is 9.72 Å². The molecule has 1 aliphatic rings. The lowest BCUT2D eigenvalue weighted by atomic mass is 9.96. The lowest BCUT2D eigenvalue weighted by Gasteiger charge is -2.32. The van der Waals surface area contributed by atoms with E-state index in [2.05, 4.69) is 25.3 Å². The van der Waals surface area contributed by atoms with Gasteiger partial charge < -0.3 is 9.64 Å². The first-order valence-electron chi connectivity index (χ1n) is 9.47. The summed E-state index contributed by atoms with van der Waals surface area (Å²) in [6.45, 7) is 1.51. The molecule has 4 aromatic rings. The van der Waals surface area contributed by atoms with Gasteiger partial charge in [-0.2, -0.15) is 14.6 Å². The first-order chi connectivity index (χ1) is 14.1. The minimum absolute atomic E-state index is 0.0834. The van der Waals surface area contributed by atoms with E-state index in [0.717, 1.165) is 31.8 Å². The molecule has 0 atom stereocenters. The number of aromatic nitrogens is 8. The number of nitrogens with zero attached hydrogens (tertiary/aromatic N) is 9. The van der Waals surface area contributed by atoms with Crippen molar-refractivity contribution >= 4 is 22.6 Å². The molecule has 5 rings (SSSR count). The number of hydrogen-bond donors (Lipinski definition) is 0. The van der Waals surface area contributed by atoms with Crippen molar-refractivity contribution < 1.29 is 4.74 Å². The molecule has 11 nitrogen and oxygen atoms in total. The fourth-order valence-corrected chi connectivity index (χ4v) is 3.93. The SMILES string of the molecule is COc1ccc2nnc(C3CCN(c4nc5c(cnn5C)c(=O)n4C)CC3)n2n1. The van der Waals surface area contributed by atoms with Crippen molar-refractivity contribution in [1.29, 1.82) is 0 Å². The third-order valence-corrected chi connectivity index (χ3v) is 5.56. The summed E-state index contributed by atoms with van der Waals surface area (Å²) in [7, 11) is 5.14. The highest BCUT2D eigenvalue weighted by Crippen LogP contribution is 2.29. The molecule has 5 heterocycles. The molecular weight excluding hydrogens is 374 g/mol. The lowest BCUT2D eigenvalue weighted by Crippen LogP contribution is -2.38. The van der Waals surface area contributed by atoms with Crippen LogP contribution in [-0.2, 0) is 14.1 Å². The van der Waals surface area contributed by atoms with E-state index >= 15 is 0 Å². The van der Waals surface area contributed by atoms with E-state index in [-0.39, 0.29) is 11.5 Å². The summed E-state index contributed by atoms with van der Waals surface area (Å²) in [5.74, 6) is 2.25. The van der Waals surface area contributed by atoms with Gasteiger partial charge in [-0.15, -0.1) is 15.3 Å². The van der Waals surface area contributed by atoms with Crippen LogP contribution in [0.4, 0.5) is 5.95 Å². The fourth-order valence-electron chi connectivity index (χ4n) is 3.93. The van der Waals surface area contributed by atoms with Crippen molar-refractivity contribution in [3.05, 3.63) is 34.5 Å². The van der Waals surface area contributed by atoms with Gasteiger partial charge in [0.2, 0.25) is 11.8 Å². The topological polar surface area (TPSA) is 108 Å². The number of methoxy groups -OCH3 is 1. The van der Waals surface area contributed by atoms with Gasteiger partial charge in [-0.25, -0.2) is 0 Å². The van der Waals surface area contributed by atoms with Crippen molar-refractivity contribution in [3.63, 3.8) is 0 Å². The van der Waals surface area contributed by atoms with E-state index in [1.54, 1.807) is 47.2 Å². The Labute approximate surface area is 165 Å². The molecule has 0 unspecified atom stereocenters. The first kappa shape index (κ1) is 17.6. The van der Waals surface area contributed by atoms with Gasteiger partial charge in [0.25, 0.3) is 5.56 Å². The molecule has 0 radical (unpaired) electrons. The molecule has 11 heteroatoms. The molecular formula is C18H21N9O2. The number of aryl methyl sites for hydroxylation is 1. The van der Waals surface area contributed by atoms with Gasteiger partial charge in [0.05, 0.1) is 13.3 Å². The standard InChI is InChI=1S/C18H21N9O2/c1-24-17(28)12-10-19-25(2)16(12)20-18(24)26-8-6-11(7-9-26)15-22-21-13-4-5-14(29-3)23-27(13)15/h4-5,10-11H,6-9H2,1-3H3. The molecule has 0 amide bonds. The van der Waals surface area contributed by atoms with Gasteiger partial charge in [-0.05, 0) is 18.9 Å². The zero-order valence-electron chi connectivity index (χ0n) is 16.5. The molecule has 0 bridgehead atoms. The van der Waals surface area contributed by atoms with Gasteiger partial charge in [-0.1, -0.05) is 0 Å². The van der Waals surface area contributed by atoms with E-state index in [0.29, 0.717) is 28.5 Å². The molecule has 150 valence electrons. The second kappa shape index (κ2) is 6.54. The Morgan fingerprint density at radius 2 is 1.93 bits per heavy atom. The highest BCUT2D eigenvalue weighted by atomic mass is 16.5. The number of hydrogen-bond acceptors (Lipinski definition) is 8. The highest BCUT2D eigenvalue weighted by Gasteiger charge is 2.27. The van der Waals surface area contributed by atoms with Crippen molar-refractivity contribution in [1.82, 2.24) is 39.1 Å². The van der Waals surface area contributed by atoms with E-state index in [1.807, 2.05) is 6.07 Å². The molecule has 29 heavy (non-hydrogen) atoms. The second-order valence-corrected chi connectivity index (χ2v) is 7.25. The van der Waals surface area contributed by atoms with Crippen LogP contribution in [0.15, 0.2) is 23.1 Å². The Hall–Kier alpha value is -3.50. The summed E-state index contributed by atoms with van der Waals surface area (Å²) in [5, 5.41) is 17.7. The van der Waals surface area contributed by atoms with Crippen LogP contribution in [0.1, 0.15) is 24.6 Å². The van der Waals surface area contributed by atoms with Crippen molar-refractivity contribution in [2.24, 2.45) is 14.1 Å². The maximum absolute atomic E-state index is 12.7. The lowest BCUT2D eigenvalue weighted by molar-refractivity contribution is 0.386. The van der Waals surface area contributed by atoms with Crippen LogP contribution >= 0.6 is 0 Å². The maximum atomic E-state index is 12.7. The van der Waals surface area contributed by atoms with Crippen LogP contribution in [-0.4, -0.2) is 59.3 Å². The number of ether oxygens (including phenoxy) is 1. The summed E-state index contributed by atoms with van der Waals surface area (Å²) in [4.78, 5) is 19.5. The number of fused-ring (bicyclic) bond motifs is 2. The summed E-state index contributed by atoms with van der Waals surface area (Å²) in [6, 6.07) is 3.62. The maximum Gasteiger partial charge on any atom is 0.265 e. The number of rotatable bonds is 3. The Kier molecular flexibility index (Phi) is 3.96. The predicted octanol–water partition coefficient (Wildman–Crippen LogP) is 0.497. The van der Waals surface area contributed by atoms with Crippen LogP contribution < -0.4 is 15.2 Å². The average molecular weight is 395 g/mol. The van der Waals surface area contributed by atoms with Gasteiger partial charge in [0.15, 0.2) is 17.1 Å². The molecule has 0 saturated carbocycles. The largest absolute Gasteiger partial charge is 0.480 e. The molecule has 1 saturated heterocycles. The quantitative estimate of drug-likeness (QED) is 0.493. The molecule has 1 fully saturated rings. The summed E-state index contributed by atoms with van der Waals surface area (Å²) < 4.78 is 10.2. The fraction of sp³-hybridized carbons (Fsp3) is 0.444. The zero-order valence-corrected chi connectivity index (χ0v) is 16.5. The summed E-state index contributed by atoms with van der Waals surface area (Å²) >= 11 is 0. The third-order valence-electron chi connectivity index (χ3n) is 5.56. The Morgan fingerprint density at radius 3 is 2.69 bits per heavy atom. The van der Waals surface area contributed by atoms with Crippen LogP contribution in [0.5, 0.6) is 5.88 Å². The summed E-state index contributed by atoms with van der Waals surface area (Å²) in [6.07, 6.45) is 3.29. The van der Waals surface area contributed by atoms with Crippen LogP contribution in [0, 0.1) is 0 Å². The average Bonchev–Trinajstić information content (AvgIpc) is 3.34. The Morgan fingerprint density at radius 1 is 1.14 bits per heavy atom. The molecule has 4 aromatic heterocycles. The van der Waals surface area contributed by atoms with Crippen molar-refractivity contribution in [2.45, 2.75) is 18.8 Å². The third kappa shape index (κ3) is 2.72. The van der Waals surface area contributed by atoms with Crippen LogP contribution in [0.2, 0.25) is 0 Å². The minimum atomic E-state index is -0.0834. The molecule has 1 aliphatic heterocycles. The molecule has 0 aromatic carbocycles. The van der Waals surface area contributed by atoms with Crippen molar-refractivity contribution in [2.75, 3.05) is 25.1 Å². The van der Waals surface area contributed by atoms with Gasteiger partial charge in [0.1, 0.15) is 5.39 Å². The number of piperidine rings is 1. The second-order valence-electron chi connectivity index (χ2n) is 7.25. The monoisotopic (exact) mass is 395 g/mol. The molecule has 0 spiro atoms. The normalized spacial score (nSPS) is 15.5.